The van der Waals surface area contributed by atoms with Crippen molar-refractivity contribution in [2.75, 3.05) is 39.3 Å². The van der Waals surface area contributed by atoms with Crippen LogP contribution >= 0.6 is 0 Å². The van der Waals surface area contributed by atoms with Gasteiger partial charge in [0.25, 0.3) is 0 Å². The lowest BCUT2D eigenvalue weighted by molar-refractivity contribution is -0.133. The van der Waals surface area contributed by atoms with Crippen LogP contribution in [0.4, 0.5) is 0 Å². The number of hydrogen-bond acceptors (Lipinski definition) is 3. The standard InChI is InChI=1S/C14H25N3O/c1-3-8-16-9-11-17(12-10-16)14(18)5-4-13(2)6-7-15/h1,13H,4-12,15H2,2H3. The quantitative estimate of drug-likeness (QED) is 0.701. The summed E-state index contributed by atoms with van der Waals surface area (Å²) in [6.07, 6.45) is 7.88. The van der Waals surface area contributed by atoms with E-state index in [0.29, 0.717) is 25.4 Å². The maximum Gasteiger partial charge on any atom is 0.222 e. The van der Waals surface area contributed by atoms with Gasteiger partial charge < -0.3 is 10.6 Å². The Morgan fingerprint density at radius 3 is 2.56 bits per heavy atom. The summed E-state index contributed by atoms with van der Waals surface area (Å²) in [5.41, 5.74) is 5.51. The molecule has 0 aromatic rings. The molecular weight excluding hydrogens is 226 g/mol. The summed E-state index contributed by atoms with van der Waals surface area (Å²) in [6.45, 7) is 6.97. The van der Waals surface area contributed by atoms with Gasteiger partial charge in [0, 0.05) is 32.6 Å². The van der Waals surface area contributed by atoms with E-state index < -0.39 is 0 Å². The Morgan fingerprint density at radius 2 is 2.00 bits per heavy atom. The largest absolute Gasteiger partial charge is 0.340 e. The zero-order chi connectivity index (χ0) is 13.4. The van der Waals surface area contributed by atoms with Gasteiger partial charge in [-0.25, -0.2) is 0 Å². The molecule has 1 saturated heterocycles. The molecule has 18 heavy (non-hydrogen) atoms. The number of nitrogens with zero attached hydrogens (tertiary/aromatic N) is 2. The second-order valence-corrected chi connectivity index (χ2v) is 5.08. The Hall–Kier alpha value is -1.05. The maximum absolute atomic E-state index is 12.0. The van der Waals surface area contributed by atoms with Crippen molar-refractivity contribution in [2.24, 2.45) is 11.7 Å². The lowest BCUT2D eigenvalue weighted by Gasteiger charge is -2.34. The molecule has 0 aliphatic carbocycles. The average Bonchev–Trinajstić information content (AvgIpc) is 2.37. The van der Waals surface area contributed by atoms with Gasteiger partial charge in [0.1, 0.15) is 0 Å². The van der Waals surface area contributed by atoms with Crippen LogP contribution < -0.4 is 5.73 Å². The molecule has 4 nitrogen and oxygen atoms in total. The molecule has 1 aliphatic heterocycles. The van der Waals surface area contributed by atoms with E-state index in [4.69, 9.17) is 12.2 Å². The molecule has 2 N–H and O–H groups in total. The van der Waals surface area contributed by atoms with Crippen LogP contribution in [-0.2, 0) is 4.79 Å². The molecule has 1 unspecified atom stereocenters. The monoisotopic (exact) mass is 251 g/mol. The Morgan fingerprint density at radius 1 is 1.33 bits per heavy atom. The van der Waals surface area contributed by atoms with Crippen LogP contribution in [0.15, 0.2) is 0 Å². The summed E-state index contributed by atoms with van der Waals surface area (Å²) in [5.74, 6) is 3.47. The van der Waals surface area contributed by atoms with Gasteiger partial charge >= 0.3 is 0 Å². The minimum atomic E-state index is 0.277. The number of carbonyl (C=O) groups is 1. The second-order valence-electron chi connectivity index (χ2n) is 5.08. The molecule has 1 rings (SSSR count). The number of nitrogens with two attached hydrogens (primary N) is 1. The van der Waals surface area contributed by atoms with Crippen molar-refractivity contribution in [3.8, 4) is 12.3 Å². The molecule has 0 bridgehead atoms. The van der Waals surface area contributed by atoms with E-state index in [-0.39, 0.29) is 5.91 Å². The van der Waals surface area contributed by atoms with Crippen molar-refractivity contribution < 1.29 is 4.79 Å². The third-order valence-corrected chi connectivity index (χ3v) is 3.55. The molecule has 4 heteroatoms. The Balaban J connectivity index is 2.22. The van der Waals surface area contributed by atoms with E-state index in [1.807, 2.05) is 4.90 Å². The highest BCUT2D eigenvalue weighted by molar-refractivity contribution is 5.76. The summed E-state index contributed by atoms with van der Waals surface area (Å²) >= 11 is 0. The van der Waals surface area contributed by atoms with Crippen LogP contribution in [0.1, 0.15) is 26.2 Å². The molecule has 1 aliphatic rings. The number of hydrogen-bond donors (Lipinski definition) is 1. The lowest BCUT2D eigenvalue weighted by atomic mass is 10.0. The third-order valence-electron chi connectivity index (χ3n) is 3.55. The summed E-state index contributed by atoms with van der Waals surface area (Å²) < 4.78 is 0. The topological polar surface area (TPSA) is 49.6 Å². The smallest absolute Gasteiger partial charge is 0.222 e. The third kappa shape index (κ3) is 5.07. The minimum absolute atomic E-state index is 0.277. The molecular formula is C14H25N3O. The summed E-state index contributed by atoms with van der Waals surface area (Å²) in [4.78, 5) is 16.2. The van der Waals surface area contributed by atoms with E-state index in [1.54, 1.807) is 0 Å². The van der Waals surface area contributed by atoms with Gasteiger partial charge in [-0.15, -0.1) is 6.42 Å². The van der Waals surface area contributed by atoms with Crippen molar-refractivity contribution in [3.05, 3.63) is 0 Å². The fourth-order valence-electron chi connectivity index (χ4n) is 2.24. The molecule has 1 atom stereocenters. The van der Waals surface area contributed by atoms with Crippen LogP contribution in [0, 0.1) is 18.3 Å². The van der Waals surface area contributed by atoms with Crippen molar-refractivity contribution in [1.82, 2.24) is 9.80 Å². The minimum Gasteiger partial charge on any atom is -0.340 e. The highest BCUT2D eigenvalue weighted by Crippen LogP contribution is 2.12. The molecule has 0 aromatic carbocycles. The molecule has 0 radical (unpaired) electrons. The first-order valence-corrected chi connectivity index (χ1v) is 6.81. The number of carbonyl (C=O) groups excluding carboxylic acids is 1. The predicted molar refractivity (Wildman–Crippen MR) is 73.9 cm³/mol. The summed E-state index contributed by atoms with van der Waals surface area (Å²) in [6, 6.07) is 0. The highest BCUT2D eigenvalue weighted by Gasteiger charge is 2.20. The fourth-order valence-corrected chi connectivity index (χ4v) is 2.24. The van der Waals surface area contributed by atoms with Gasteiger partial charge in [0.05, 0.1) is 6.54 Å². The molecule has 0 saturated carbocycles. The number of piperazine rings is 1. The van der Waals surface area contributed by atoms with Crippen molar-refractivity contribution in [2.45, 2.75) is 26.2 Å². The average molecular weight is 251 g/mol. The van der Waals surface area contributed by atoms with Crippen molar-refractivity contribution in [3.63, 3.8) is 0 Å². The SMILES string of the molecule is C#CCN1CCN(C(=O)CCC(C)CCN)CC1. The van der Waals surface area contributed by atoms with E-state index in [1.165, 1.54) is 0 Å². The summed E-state index contributed by atoms with van der Waals surface area (Å²) in [7, 11) is 0. The Bertz CT molecular complexity index is 290. The summed E-state index contributed by atoms with van der Waals surface area (Å²) in [5, 5.41) is 0. The molecule has 1 fully saturated rings. The zero-order valence-corrected chi connectivity index (χ0v) is 11.4. The second kappa shape index (κ2) is 8.12. The molecule has 0 spiro atoms. The fraction of sp³-hybridized carbons (Fsp3) is 0.786. The van der Waals surface area contributed by atoms with E-state index >= 15 is 0 Å². The number of rotatable bonds is 6. The molecule has 0 aromatic heterocycles. The van der Waals surface area contributed by atoms with Gasteiger partial charge in [0.15, 0.2) is 0 Å². The van der Waals surface area contributed by atoms with Crippen LogP contribution in [0.3, 0.4) is 0 Å². The van der Waals surface area contributed by atoms with Crippen LogP contribution in [0.5, 0.6) is 0 Å². The van der Waals surface area contributed by atoms with Crippen molar-refractivity contribution >= 4 is 5.91 Å². The van der Waals surface area contributed by atoms with E-state index in [2.05, 4.69) is 17.7 Å². The first-order chi connectivity index (χ1) is 8.67. The molecule has 102 valence electrons. The first kappa shape index (κ1) is 15.0. The number of terminal acetylenes is 1. The van der Waals surface area contributed by atoms with Gasteiger partial charge in [-0.3, -0.25) is 9.69 Å². The van der Waals surface area contributed by atoms with Gasteiger partial charge in [0.2, 0.25) is 5.91 Å². The van der Waals surface area contributed by atoms with Gasteiger partial charge in [-0.05, 0) is 25.3 Å². The maximum atomic E-state index is 12.0. The van der Waals surface area contributed by atoms with Crippen LogP contribution in [0.25, 0.3) is 0 Å². The predicted octanol–water partition coefficient (Wildman–Crippen LogP) is 0.529. The van der Waals surface area contributed by atoms with Crippen LogP contribution in [-0.4, -0.2) is 55.0 Å². The number of amides is 1. The van der Waals surface area contributed by atoms with Crippen molar-refractivity contribution in [1.29, 1.82) is 0 Å². The molecule has 1 heterocycles. The Kier molecular flexibility index (Phi) is 6.77. The van der Waals surface area contributed by atoms with Crippen LogP contribution in [0.2, 0.25) is 0 Å². The van der Waals surface area contributed by atoms with E-state index in [0.717, 1.165) is 39.0 Å². The van der Waals surface area contributed by atoms with E-state index in [9.17, 15) is 4.79 Å². The first-order valence-electron chi connectivity index (χ1n) is 6.81. The normalized spacial score (nSPS) is 18.4. The molecule has 1 amide bonds. The van der Waals surface area contributed by atoms with Gasteiger partial charge in [-0.1, -0.05) is 12.8 Å². The highest BCUT2D eigenvalue weighted by atomic mass is 16.2. The Labute approximate surface area is 110 Å². The zero-order valence-electron chi connectivity index (χ0n) is 11.4. The van der Waals surface area contributed by atoms with Gasteiger partial charge in [-0.2, -0.15) is 0 Å². The lowest BCUT2D eigenvalue weighted by Crippen LogP contribution is -2.48.